The molecule has 4 rings (SSSR count). The first-order valence-corrected chi connectivity index (χ1v) is 12.7. The van der Waals surface area contributed by atoms with E-state index in [-0.39, 0.29) is 0 Å². The topological polar surface area (TPSA) is 30.3 Å². The van der Waals surface area contributed by atoms with Gasteiger partial charge in [-0.05, 0) is 68.0 Å². The lowest BCUT2D eigenvalue weighted by Gasteiger charge is -2.36. The van der Waals surface area contributed by atoms with E-state index in [4.69, 9.17) is 21.3 Å². The Morgan fingerprint density at radius 3 is 2.33 bits per heavy atom. The second kappa shape index (κ2) is 10.8. The number of imidazole rings is 1. The van der Waals surface area contributed by atoms with Crippen molar-refractivity contribution in [3.05, 3.63) is 70.0 Å². The van der Waals surface area contributed by atoms with Crippen molar-refractivity contribution in [1.29, 1.82) is 0 Å². The highest BCUT2D eigenvalue weighted by molar-refractivity contribution is 6.30. The third-order valence-electron chi connectivity index (χ3n) is 6.93. The summed E-state index contributed by atoms with van der Waals surface area (Å²) >= 11 is 6.78. The van der Waals surface area contributed by atoms with Crippen molar-refractivity contribution in [3.8, 4) is 17.1 Å². The maximum Gasteiger partial charge on any atom is 0.152 e. The summed E-state index contributed by atoms with van der Waals surface area (Å²) in [6, 6.07) is 15.6. The van der Waals surface area contributed by atoms with Gasteiger partial charge in [0.15, 0.2) is 5.15 Å². The lowest BCUT2D eigenvalue weighted by molar-refractivity contribution is 0.137. The van der Waals surface area contributed by atoms with Crippen LogP contribution < -0.4 is 4.74 Å². The zero-order chi connectivity index (χ0) is 23.4. The molecule has 1 fully saturated rings. The van der Waals surface area contributed by atoms with Crippen LogP contribution in [-0.2, 0) is 26.4 Å². The van der Waals surface area contributed by atoms with E-state index in [1.54, 1.807) is 0 Å². The number of aromatic nitrogens is 2. The van der Waals surface area contributed by atoms with Crippen LogP contribution in [0.1, 0.15) is 68.5 Å². The molecule has 0 N–H and O–H groups in total. The molecule has 0 aliphatic carbocycles. The summed E-state index contributed by atoms with van der Waals surface area (Å²) in [5.74, 6) is 1.92. The summed E-state index contributed by atoms with van der Waals surface area (Å²) < 4.78 is 7.86. The Kier molecular flexibility index (Phi) is 7.77. The SMILES string of the molecule is CCOc1ccc(C2CCCCN2Cc2c(Cl)nc(-c3c(CC)cccc3CC)n2C)cc1. The molecule has 176 valence electrons. The minimum atomic E-state index is 0.387. The summed E-state index contributed by atoms with van der Waals surface area (Å²) in [6.07, 6.45) is 5.59. The Morgan fingerprint density at radius 2 is 1.70 bits per heavy atom. The van der Waals surface area contributed by atoms with Crippen molar-refractivity contribution in [2.24, 2.45) is 7.05 Å². The van der Waals surface area contributed by atoms with Crippen molar-refractivity contribution in [2.45, 2.75) is 65.5 Å². The third kappa shape index (κ3) is 4.97. The van der Waals surface area contributed by atoms with Crippen LogP contribution in [0, 0.1) is 0 Å². The Labute approximate surface area is 203 Å². The van der Waals surface area contributed by atoms with Gasteiger partial charge in [0.2, 0.25) is 0 Å². The van der Waals surface area contributed by atoms with Crippen LogP contribution in [0.3, 0.4) is 0 Å². The van der Waals surface area contributed by atoms with Gasteiger partial charge in [0.1, 0.15) is 11.6 Å². The summed E-state index contributed by atoms with van der Waals surface area (Å²) in [6.45, 7) is 9.00. The van der Waals surface area contributed by atoms with E-state index >= 15 is 0 Å². The number of hydrogen-bond donors (Lipinski definition) is 0. The van der Waals surface area contributed by atoms with Crippen molar-refractivity contribution >= 4 is 11.6 Å². The molecule has 0 saturated carbocycles. The highest BCUT2D eigenvalue weighted by atomic mass is 35.5. The molecule has 1 aliphatic rings. The van der Waals surface area contributed by atoms with Crippen LogP contribution in [0.4, 0.5) is 0 Å². The fourth-order valence-corrected chi connectivity index (χ4v) is 5.39. The number of ether oxygens (including phenoxy) is 1. The average Bonchev–Trinajstić information content (AvgIpc) is 3.12. The predicted molar refractivity (Wildman–Crippen MR) is 137 cm³/mol. The molecule has 1 aromatic heterocycles. The molecule has 2 aromatic carbocycles. The Balaban J connectivity index is 1.64. The van der Waals surface area contributed by atoms with Gasteiger partial charge in [0, 0.05) is 25.2 Å². The summed E-state index contributed by atoms with van der Waals surface area (Å²) in [5.41, 5.74) is 6.35. The maximum atomic E-state index is 6.78. The molecule has 0 bridgehead atoms. The van der Waals surface area contributed by atoms with E-state index in [1.165, 1.54) is 35.1 Å². The van der Waals surface area contributed by atoms with Gasteiger partial charge < -0.3 is 9.30 Å². The van der Waals surface area contributed by atoms with Gasteiger partial charge in [-0.15, -0.1) is 0 Å². The van der Waals surface area contributed by atoms with Gasteiger partial charge in [0.05, 0.1) is 12.3 Å². The molecule has 3 aromatic rings. The van der Waals surface area contributed by atoms with Crippen molar-refractivity contribution < 1.29 is 4.74 Å². The van der Waals surface area contributed by atoms with Gasteiger partial charge in [0.25, 0.3) is 0 Å². The van der Waals surface area contributed by atoms with Gasteiger partial charge in [-0.2, -0.15) is 0 Å². The largest absolute Gasteiger partial charge is 0.494 e. The molecule has 4 nitrogen and oxygen atoms in total. The van der Waals surface area contributed by atoms with Crippen molar-refractivity contribution in [1.82, 2.24) is 14.5 Å². The second-order valence-corrected chi connectivity index (χ2v) is 9.23. The average molecular weight is 466 g/mol. The van der Waals surface area contributed by atoms with Gasteiger partial charge in [-0.1, -0.05) is 62.2 Å². The first kappa shape index (κ1) is 23.8. The minimum absolute atomic E-state index is 0.387. The zero-order valence-electron chi connectivity index (χ0n) is 20.4. The van der Waals surface area contributed by atoms with E-state index < -0.39 is 0 Å². The number of piperidine rings is 1. The van der Waals surface area contributed by atoms with E-state index in [2.05, 4.69) is 72.8 Å². The Hall–Kier alpha value is -2.30. The molecule has 1 atom stereocenters. The molecule has 1 unspecified atom stereocenters. The van der Waals surface area contributed by atoms with Crippen LogP contribution in [0.5, 0.6) is 5.75 Å². The van der Waals surface area contributed by atoms with Crippen LogP contribution in [0.25, 0.3) is 11.4 Å². The van der Waals surface area contributed by atoms with Gasteiger partial charge in [-0.3, -0.25) is 4.90 Å². The molecule has 0 radical (unpaired) electrons. The number of halogens is 1. The lowest BCUT2D eigenvalue weighted by atomic mass is 9.95. The molecule has 33 heavy (non-hydrogen) atoms. The van der Waals surface area contributed by atoms with E-state index in [0.717, 1.165) is 49.6 Å². The molecule has 1 aliphatic heterocycles. The van der Waals surface area contributed by atoms with E-state index in [9.17, 15) is 0 Å². The quantitative estimate of drug-likeness (QED) is 0.359. The number of aryl methyl sites for hydroxylation is 2. The molecular formula is C28H36ClN3O. The van der Waals surface area contributed by atoms with Crippen molar-refractivity contribution in [2.75, 3.05) is 13.2 Å². The molecular weight excluding hydrogens is 430 g/mol. The summed E-state index contributed by atoms with van der Waals surface area (Å²) in [4.78, 5) is 7.45. The number of likely N-dealkylation sites (tertiary alicyclic amines) is 1. The Morgan fingerprint density at radius 1 is 1.00 bits per heavy atom. The smallest absolute Gasteiger partial charge is 0.152 e. The molecule has 0 amide bonds. The van der Waals surface area contributed by atoms with Crippen LogP contribution >= 0.6 is 11.6 Å². The second-order valence-electron chi connectivity index (χ2n) is 8.87. The van der Waals surface area contributed by atoms with Gasteiger partial charge in [-0.25, -0.2) is 4.98 Å². The highest BCUT2D eigenvalue weighted by Gasteiger charge is 2.27. The zero-order valence-corrected chi connectivity index (χ0v) is 21.2. The number of rotatable bonds is 8. The summed E-state index contributed by atoms with van der Waals surface area (Å²) in [7, 11) is 2.12. The molecule has 0 spiro atoms. The fourth-order valence-electron chi connectivity index (χ4n) is 5.13. The highest BCUT2D eigenvalue weighted by Crippen LogP contribution is 2.36. The lowest BCUT2D eigenvalue weighted by Crippen LogP contribution is -2.33. The monoisotopic (exact) mass is 465 g/mol. The van der Waals surface area contributed by atoms with E-state index in [0.29, 0.717) is 17.8 Å². The predicted octanol–water partition coefficient (Wildman–Crippen LogP) is 6.99. The molecule has 5 heteroatoms. The van der Waals surface area contributed by atoms with Crippen LogP contribution in [-0.4, -0.2) is 27.6 Å². The summed E-state index contributed by atoms with van der Waals surface area (Å²) in [5, 5.41) is 0.622. The van der Waals surface area contributed by atoms with E-state index in [1.807, 2.05) is 6.92 Å². The number of nitrogens with zero attached hydrogens (tertiary/aromatic N) is 3. The maximum absolute atomic E-state index is 6.78. The number of hydrogen-bond acceptors (Lipinski definition) is 3. The third-order valence-corrected chi connectivity index (χ3v) is 7.23. The Bertz CT molecular complexity index is 1050. The normalized spacial score (nSPS) is 16.8. The van der Waals surface area contributed by atoms with Gasteiger partial charge >= 0.3 is 0 Å². The van der Waals surface area contributed by atoms with Crippen LogP contribution in [0.2, 0.25) is 5.15 Å². The number of benzene rings is 2. The molecule has 2 heterocycles. The molecule has 1 saturated heterocycles. The first-order valence-electron chi connectivity index (χ1n) is 12.4. The van der Waals surface area contributed by atoms with Crippen LogP contribution in [0.15, 0.2) is 42.5 Å². The minimum Gasteiger partial charge on any atom is -0.494 e. The first-order chi connectivity index (χ1) is 16.1. The van der Waals surface area contributed by atoms with Crippen molar-refractivity contribution in [3.63, 3.8) is 0 Å². The standard InChI is InChI=1S/C28H36ClN3O/c1-5-20-11-10-12-21(6-2)26(20)28-30-27(29)25(31(28)4)19-32-18-9-8-13-24(32)22-14-16-23(17-15-22)33-7-3/h10-12,14-17,24H,5-9,13,18-19H2,1-4H3. The fraction of sp³-hybridized carbons (Fsp3) is 0.464.